The van der Waals surface area contributed by atoms with Crippen molar-refractivity contribution in [2.75, 3.05) is 0 Å². The number of unbranched alkanes of at least 4 members (excludes halogenated alkanes) is 4. The molecule has 0 aliphatic heterocycles. The van der Waals surface area contributed by atoms with Crippen molar-refractivity contribution in [3.63, 3.8) is 0 Å². The van der Waals surface area contributed by atoms with Crippen molar-refractivity contribution in [3.05, 3.63) is 0 Å². The van der Waals surface area contributed by atoms with E-state index in [1.807, 2.05) is 0 Å². The van der Waals surface area contributed by atoms with Crippen molar-refractivity contribution in [1.82, 2.24) is 0 Å². The minimum absolute atomic E-state index is 1.01. The van der Waals surface area contributed by atoms with Crippen LogP contribution >= 0.6 is 0 Å². The molecule has 0 aliphatic rings. The molecule has 0 radical (unpaired) electrons. The average Bonchev–Trinajstić information content (AvgIpc) is 2.37. The van der Waals surface area contributed by atoms with Gasteiger partial charge in [0.25, 0.3) is 0 Å². The minimum atomic E-state index is -1.01. The summed E-state index contributed by atoms with van der Waals surface area (Å²) >= 11 is -1.01. The molecule has 0 atom stereocenters. The van der Waals surface area contributed by atoms with Gasteiger partial charge in [0.2, 0.25) is 0 Å². The van der Waals surface area contributed by atoms with Crippen LogP contribution in [0.3, 0.4) is 0 Å². The van der Waals surface area contributed by atoms with Crippen LogP contribution in [0.2, 0.25) is 19.6 Å². The fourth-order valence-corrected chi connectivity index (χ4v) is 11.1. The van der Waals surface area contributed by atoms with Crippen LogP contribution in [0.4, 0.5) is 0 Å². The molecule has 0 aliphatic carbocycles. The van der Waals surface area contributed by atoms with Crippen LogP contribution in [0.5, 0.6) is 0 Å². The molecule has 0 unspecified atom stereocenters. The van der Waals surface area contributed by atoms with Gasteiger partial charge in [0.05, 0.1) is 0 Å². The van der Waals surface area contributed by atoms with Gasteiger partial charge >= 0.3 is 114 Å². The molecule has 0 rings (SSSR count). The van der Waals surface area contributed by atoms with Gasteiger partial charge in [0, 0.05) is 0 Å². The summed E-state index contributed by atoms with van der Waals surface area (Å²) in [6, 6.07) is 0. The summed E-state index contributed by atoms with van der Waals surface area (Å²) in [4.78, 5) is 6.56. The molecule has 0 aromatic rings. The molecule has 0 amide bonds. The van der Waals surface area contributed by atoms with Crippen LogP contribution in [0.1, 0.15) is 79.1 Å². The SMILES string of the molecule is CCC[CH2][Pd]([CH2]CCC)([CH2]CCC)[CH2]CCC. The molecular formula is C16H36Pd. The molecule has 0 saturated heterocycles. The molecule has 0 N–H and O–H groups in total. The van der Waals surface area contributed by atoms with E-state index in [1.165, 1.54) is 51.4 Å². The Labute approximate surface area is 114 Å². The second kappa shape index (κ2) is 11.7. The molecule has 0 spiro atoms. The van der Waals surface area contributed by atoms with Crippen LogP contribution in [-0.2, 0) is 15.5 Å². The maximum atomic E-state index is 2.36. The van der Waals surface area contributed by atoms with Crippen molar-refractivity contribution in [2.45, 2.75) is 98.6 Å². The summed E-state index contributed by atoms with van der Waals surface area (Å²) in [6.07, 6.45) is 11.7. The van der Waals surface area contributed by atoms with Crippen molar-refractivity contribution in [1.29, 1.82) is 0 Å². The summed E-state index contributed by atoms with van der Waals surface area (Å²) in [5.74, 6) is 0. The van der Waals surface area contributed by atoms with E-state index in [0.717, 1.165) is 0 Å². The molecule has 0 nitrogen and oxygen atoms in total. The Morgan fingerprint density at radius 1 is 0.471 bits per heavy atom. The molecule has 0 aromatic heterocycles. The summed E-state index contributed by atoms with van der Waals surface area (Å²) in [5, 5.41) is 0. The van der Waals surface area contributed by atoms with Crippen molar-refractivity contribution < 1.29 is 15.5 Å². The fraction of sp³-hybridized carbons (Fsp3) is 1.00. The Hall–Kier alpha value is 0.662. The first-order valence-electron chi connectivity index (χ1n) is 7.72. The van der Waals surface area contributed by atoms with Gasteiger partial charge in [-0.2, -0.15) is 0 Å². The zero-order valence-electron chi connectivity index (χ0n) is 12.8. The van der Waals surface area contributed by atoms with E-state index in [-0.39, 0.29) is 0 Å². The third-order valence-corrected chi connectivity index (χ3v) is 12.0. The second-order valence-electron chi connectivity index (χ2n) is 5.00. The fourth-order valence-electron chi connectivity index (χ4n) is 1.87. The zero-order chi connectivity index (χ0) is 13.0. The van der Waals surface area contributed by atoms with Crippen LogP contribution in [0.25, 0.3) is 0 Å². The van der Waals surface area contributed by atoms with Gasteiger partial charge in [0.15, 0.2) is 0 Å². The van der Waals surface area contributed by atoms with Crippen molar-refractivity contribution in [3.8, 4) is 0 Å². The first kappa shape index (κ1) is 17.7. The molecular weight excluding hydrogens is 299 g/mol. The van der Waals surface area contributed by atoms with E-state index in [2.05, 4.69) is 27.7 Å². The molecule has 1 heteroatoms. The van der Waals surface area contributed by atoms with E-state index in [9.17, 15) is 0 Å². The van der Waals surface area contributed by atoms with Gasteiger partial charge in [-0.3, -0.25) is 0 Å². The van der Waals surface area contributed by atoms with Gasteiger partial charge < -0.3 is 0 Å². The Bertz CT molecular complexity index is 116. The Balaban J connectivity index is 4.39. The molecule has 0 heterocycles. The number of hydrogen-bond donors (Lipinski definition) is 0. The molecule has 0 bridgehead atoms. The molecule has 0 fully saturated rings. The monoisotopic (exact) mass is 334 g/mol. The predicted molar refractivity (Wildman–Crippen MR) is 78.9 cm³/mol. The molecule has 0 saturated carbocycles. The topological polar surface area (TPSA) is 0 Å². The number of rotatable bonds is 12. The summed E-state index contributed by atoms with van der Waals surface area (Å²) in [7, 11) is 0. The van der Waals surface area contributed by atoms with E-state index in [0.29, 0.717) is 0 Å². The van der Waals surface area contributed by atoms with Crippen LogP contribution < -0.4 is 0 Å². The predicted octanol–water partition coefficient (Wildman–Crippen LogP) is 7.01. The van der Waals surface area contributed by atoms with Crippen LogP contribution in [-0.4, -0.2) is 0 Å². The first-order valence-corrected chi connectivity index (χ1v) is 12.1. The second-order valence-corrected chi connectivity index (χ2v) is 12.8. The Morgan fingerprint density at radius 3 is 0.882 bits per heavy atom. The first-order chi connectivity index (χ1) is 8.24. The van der Waals surface area contributed by atoms with Crippen LogP contribution in [0, 0.1) is 0 Å². The molecule has 0 aromatic carbocycles. The van der Waals surface area contributed by atoms with E-state index in [4.69, 9.17) is 0 Å². The Kier molecular flexibility index (Phi) is 12.2. The summed E-state index contributed by atoms with van der Waals surface area (Å²) in [6.45, 7) is 9.45. The van der Waals surface area contributed by atoms with Crippen LogP contribution in [0.15, 0.2) is 0 Å². The standard InChI is InChI=1S/4C4H9.Pd/c4*1-3-4-2;/h4*1,3-4H2,2H3;. The molecule has 17 heavy (non-hydrogen) atoms. The third-order valence-electron chi connectivity index (χ3n) is 3.20. The van der Waals surface area contributed by atoms with Crippen molar-refractivity contribution in [2.24, 2.45) is 0 Å². The maximum absolute atomic E-state index is 2.36. The van der Waals surface area contributed by atoms with Gasteiger partial charge in [-0.1, -0.05) is 0 Å². The number of hydrogen-bond acceptors (Lipinski definition) is 0. The summed E-state index contributed by atoms with van der Waals surface area (Å²) in [5.41, 5.74) is 0. The zero-order valence-corrected chi connectivity index (χ0v) is 14.4. The van der Waals surface area contributed by atoms with E-state index >= 15 is 0 Å². The van der Waals surface area contributed by atoms with Gasteiger partial charge in [0.1, 0.15) is 0 Å². The third kappa shape index (κ3) is 8.39. The Morgan fingerprint density at radius 2 is 0.706 bits per heavy atom. The van der Waals surface area contributed by atoms with Gasteiger partial charge in [-0.15, -0.1) is 0 Å². The average molecular weight is 335 g/mol. The van der Waals surface area contributed by atoms with Gasteiger partial charge in [-0.25, -0.2) is 0 Å². The van der Waals surface area contributed by atoms with Gasteiger partial charge in [-0.05, 0) is 0 Å². The van der Waals surface area contributed by atoms with E-state index < -0.39 is 15.5 Å². The normalized spacial score (nSPS) is 12.9. The quantitative estimate of drug-likeness (QED) is 0.336. The molecule has 110 valence electrons. The summed E-state index contributed by atoms with van der Waals surface area (Å²) < 4.78 is 0. The van der Waals surface area contributed by atoms with E-state index in [1.54, 1.807) is 19.6 Å². The van der Waals surface area contributed by atoms with Crippen molar-refractivity contribution >= 4 is 0 Å².